The van der Waals surface area contributed by atoms with Gasteiger partial charge in [0.2, 0.25) is 0 Å². The maximum absolute atomic E-state index is 9.55. The number of benzene rings is 1. The fourth-order valence-corrected chi connectivity index (χ4v) is 2.69. The average Bonchev–Trinajstić information content (AvgIpc) is 2.25. The van der Waals surface area contributed by atoms with Gasteiger partial charge in [-0.25, -0.2) is 0 Å². The summed E-state index contributed by atoms with van der Waals surface area (Å²) >= 11 is 0. The highest BCUT2D eigenvalue weighted by molar-refractivity contribution is 5.30. The summed E-state index contributed by atoms with van der Waals surface area (Å²) < 4.78 is 0. The zero-order valence-electron chi connectivity index (χ0n) is 9.39. The predicted octanol–water partition coefficient (Wildman–Crippen LogP) is 1.60. The van der Waals surface area contributed by atoms with Crippen LogP contribution in [0.2, 0.25) is 0 Å². The Kier molecular flexibility index (Phi) is 3.17. The molecule has 0 heterocycles. The molecule has 1 saturated carbocycles. The van der Waals surface area contributed by atoms with Gasteiger partial charge in [-0.3, -0.25) is 0 Å². The summed E-state index contributed by atoms with van der Waals surface area (Å²) in [7, 11) is 0. The maximum atomic E-state index is 9.55. The van der Waals surface area contributed by atoms with Gasteiger partial charge in [-0.05, 0) is 37.1 Å². The summed E-state index contributed by atoms with van der Waals surface area (Å²) in [6.07, 6.45) is 3.27. The minimum Gasteiger partial charge on any atom is -0.508 e. The second kappa shape index (κ2) is 4.44. The van der Waals surface area contributed by atoms with Crippen LogP contribution in [0.4, 0.5) is 0 Å². The number of hydrogen-bond donors (Lipinski definition) is 3. The van der Waals surface area contributed by atoms with Gasteiger partial charge in [0.1, 0.15) is 5.75 Å². The summed E-state index contributed by atoms with van der Waals surface area (Å²) in [4.78, 5) is 0. The number of rotatable bonds is 4. The number of phenols is 1. The van der Waals surface area contributed by atoms with Crippen molar-refractivity contribution < 1.29 is 10.2 Å². The van der Waals surface area contributed by atoms with Gasteiger partial charge in [0.25, 0.3) is 0 Å². The molecule has 0 bridgehead atoms. The molecule has 2 rings (SSSR count). The van der Waals surface area contributed by atoms with Crippen LogP contribution in [0.5, 0.6) is 5.75 Å². The van der Waals surface area contributed by atoms with Crippen molar-refractivity contribution in [3.63, 3.8) is 0 Å². The lowest BCUT2D eigenvalue weighted by atomic mass is 9.60. The first-order valence-electron chi connectivity index (χ1n) is 5.82. The molecule has 3 heteroatoms. The van der Waals surface area contributed by atoms with Crippen molar-refractivity contribution in [1.29, 1.82) is 0 Å². The topological polar surface area (TPSA) is 66.5 Å². The summed E-state index contributed by atoms with van der Waals surface area (Å²) in [5.74, 6) is 0.470. The van der Waals surface area contributed by atoms with Gasteiger partial charge in [-0.1, -0.05) is 18.6 Å². The van der Waals surface area contributed by atoms with Crippen LogP contribution in [0.15, 0.2) is 24.3 Å². The zero-order valence-corrected chi connectivity index (χ0v) is 9.39. The molecule has 4 N–H and O–H groups in total. The third kappa shape index (κ3) is 1.81. The molecule has 16 heavy (non-hydrogen) atoms. The molecular formula is C13H19NO2. The van der Waals surface area contributed by atoms with Crippen LogP contribution in [0.3, 0.4) is 0 Å². The molecule has 0 saturated heterocycles. The van der Waals surface area contributed by atoms with Crippen LogP contribution in [-0.4, -0.2) is 23.4 Å². The minimum absolute atomic E-state index is 0.0221. The third-order valence-corrected chi connectivity index (χ3v) is 3.93. The Bertz CT molecular complexity index is 338. The molecule has 0 unspecified atom stereocenters. The highest BCUT2D eigenvalue weighted by Crippen LogP contribution is 2.50. The molecular weight excluding hydrogens is 202 g/mol. The van der Waals surface area contributed by atoms with E-state index in [1.807, 2.05) is 12.1 Å². The Morgan fingerprint density at radius 2 is 1.88 bits per heavy atom. The maximum Gasteiger partial charge on any atom is 0.115 e. The van der Waals surface area contributed by atoms with Crippen molar-refractivity contribution in [2.24, 2.45) is 11.1 Å². The number of aliphatic hydroxyl groups is 1. The lowest BCUT2D eigenvalue weighted by molar-refractivity contribution is 0.0192. The van der Waals surface area contributed by atoms with Gasteiger partial charge >= 0.3 is 0 Å². The lowest BCUT2D eigenvalue weighted by Gasteiger charge is -2.46. The van der Waals surface area contributed by atoms with Crippen molar-refractivity contribution in [3.8, 4) is 5.75 Å². The quantitative estimate of drug-likeness (QED) is 0.723. The van der Waals surface area contributed by atoms with E-state index in [0.717, 1.165) is 18.4 Å². The fourth-order valence-electron chi connectivity index (χ4n) is 2.69. The molecule has 1 aromatic carbocycles. The van der Waals surface area contributed by atoms with Gasteiger partial charge in [0.05, 0.1) is 0 Å². The zero-order chi connectivity index (χ0) is 11.6. The van der Waals surface area contributed by atoms with Crippen molar-refractivity contribution >= 4 is 0 Å². The van der Waals surface area contributed by atoms with Crippen molar-refractivity contribution in [2.75, 3.05) is 13.2 Å². The predicted molar refractivity (Wildman–Crippen MR) is 63.3 cm³/mol. The van der Waals surface area contributed by atoms with Crippen molar-refractivity contribution in [1.82, 2.24) is 0 Å². The minimum atomic E-state index is -0.0221. The highest BCUT2D eigenvalue weighted by Gasteiger charge is 2.43. The smallest absolute Gasteiger partial charge is 0.115 e. The molecule has 88 valence electrons. The number of hydrogen-bond acceptors (Lipinski definition) is 3. The van der Waals surface area contributed by atoms with Gasteiger partial charge < -0.3 is 15.9 Å². The van der Waals surface area contributed by atoms with E-state index in [9.17, 15) is 10.2 Å². The van der Waals surface area contributed by atoms with E-state index in [0.29, 0.717) is 6.54 Å². The number of phenolic OH excluding ortho intramolecular Hbond substituents is 1. The van der Waals surface area contributed by atoms with Gasteiger partial charge in [-0.2, -0.15) is 0 Å². The Balaban J connectivity index is 2.25. The Hall–Kier alpha value is -1.06. The van der Waals surface area contributed by atoms with Crippen molar-refractivity contribution in [2.45, 2.75) is 25.2 Å². The molecule has 1 aromatic rings. The molecule has 3 nitrogen and oxygen atoms in total. The van der Waals surface area contributed by atoms with Crippen LogP contribution in [0.25, 0.3) is 0 Å². The SMILES string of the molecule is NC[C@H](c1ccc(O)cc1)C1(CO)CCC1. The molecule has 0 amide bonds. The number of aliphatic hydroxyl groups excluding tert-OH is 1. The van der Waals surface area contributed by atoms with E-state index in [2.05, 4.69) is 0 Å². The van der Waals surface area contributed by atoms with E-state index in [-0.39, 0.29) is 23.7 Å². The second-order valence-corrected chi connectivity index (χ2v) is 4.75. The highest BCUT2D eigenvalue weighted by atomic mass is 16.3. The Labute approximate surface area is 95.9 Å². The van der Waals surface area contributed by atoms with Crippen LogP contribution in [0, 0.1) is 5.41 Å². The van der Waals surface area contributed by atoms with Crippen LogP contribution < -0.4 is 5.73 Å². The average molecular weight is 221 g/mol. The normalized spacial score (nSPS) is 20.1. The number of aromatic hydroxyl groups is 1. The number of nitrogens with two attached hydrogens (primary N) is 1. The monoisotopic (exact) mass is 221 g/mol. The first-order valence-corrected chi connectivity index (χ1v) is 5.82. The molecule has 1 aliphatic carbocycles. The Morgan fingerprint density at radius 1 is 1.25 bits per heavy atom. The summed E-state index contributed by atoms with van der Waals surface area (Å²) in [5.41, 5.74) is 6.94. The van der Waals surface area contributed by atoms with E-state index in [1.54, 1.807) is 12.1 Å². The van der Waals surface area contributed by atoms with E-state index >= 15 is 0 Å². The van der Waals surface area contributed by atoms with Crippen LogP contribution in [0.1, 0.15) is 30.7 Å². The second-order valence-electron chi connectivity index (χ2n) is 4.75. The molecule has 1 aliphatic rings. The van der Waals surface area contributed by atoms with Gasteiger partial charge in [0, 0.05) is 17.9 Å². The van der Waals surface area contributed by atoms with Crippen LogP contribution >= 0.6 is 0 Å². The van der Waals surface area contributed by atoms with E-state index < -0.39 is 0 Å². The molecule has 0 radical (unpaired) electrons. The van der Waals surface area contributed by atoms with Crippen LogP contribution in [-0.2, 0) is 0 Å². The fraction of sp³-hybridized carbons (Fsp3) is 0.538. The molecule has 1 fully saturated rings. The largest absolute Gasteiger partial charge is 0.508 e. The summed E-state index contributed by atoms with van der Waals surface area (Å²) in [6, 6.07) is 7.18. The molecule has 1 atom stereocenters. The lowest BCUT2D eigenvalue weighted by Crippen LogP contribution is -2.42. The summed E-state index contributed by atoms with van der Waals surface area (Å²) in [6.45, 7) is 0.751. The molecule has 0 aromatic heterocycles. The Morgan fingerprint density at radius 3 is 2.25 bits per heavy atom. The van der Waals surface area contributed by atoms with Crippen molar-refractivity contribution in [3.05, 3.63) is 29.8 Å². The van der Waals surface area contributed by atoms with E-state index in [1.165, 1.54) is 6.42 Å². The van der Waals surface area contributed by atoms with E-state index in [4.69, 9.17) is 5.73 Å². The van der Waals surface area contributed by atoms with Gasteiger partial charge in [0.15, 0.2) is 0 Å². The van der Waals surface area contributed by atoms with Gasteiger partial charge in [-0.15, -0.1) is 0 Å². The first-order chi connectivity index (χ1) is 7.72. The summed E-state index contributed by atoms with van der Waals surface area (Å²) in [5, 5.41) is 18.8. The first kappa shape index (κ1) is 11.4. The standard InChI is InChI=1S/C13H19NO2/c14-8-12(13(9-15)6-1-7-13)10-2-4-11(16)5-3-10/h2-5,12,15-16H,1,6-9,14H2/t12-/m1/s1. The molecule has 0 aliphatic heterocycles. The third-order valence-electron chi connectivity index (χ3n) is 3.93. The molecule has 0 spiro atoms.